The standard InChI is InChI=1S/C13H16N2O3S/c14-13-6-2-1-4-11(13)10-19(16,17)15-8-7-12-5-3-9-18-12/h1-6,9,15H,7-8,10,14H2. The molecule has 5 nitrogen and oxygen atoms in total. The zero-order valence-corrected chi connectivity index (χ0v) is 11.2. The van der Waals surface area contributed by atoms with Gasteiger partial charge in [-0.1, -0.05) is 18.2 Å². The third-order valence-corrected chi connectivity index (χ3v) is 4.01. The Hall–Kier alpha value is -1.79. The summed E-state index contributed by atoms with van der Waals surface area (Å²) < 4.78 is 31.4. The first-order chi connectivity index (χ1) is 9.07. The number of hydrogen-bond donors (Lipinski definition) is 2. The van der Waals surface area contributed by atoms with Crippen LogP contribution in [0.1, 0.15) is 11.3 Å². The van der Waals surface area contributed by atoms with E-state index in [1.165, 1.54) is 0 Å². The van der Waals surface area contributed by atoms with E-state index >= 15 is 0 Å². The summed E-state index contributed by atoms with van der Waals surface area (Å²) in [4.78, 5) is 0. The number of furan rings is 1. The summed E-state index contributed by atoms with van der Waals surface area (Å²) in [6.45, 7) is 0.308. The molecule has 2 aromatic rings. The van der Waals surface area contributed by atoms with Gasteiger partial charge in [-0.05, 0) is 23.8 Å². The van der Waals surface area contributed by atoms with Gasteiger partial charge < -0.3 is 10.2 Å². The fourth-order valence-corrected chi connectivity index (χ4v) is 2.89. The van der Waals surface area contributed by atoms with Crippen molar-refractivity contribution in [3.8, 4) is 0 Å². The summed E-state index contributed by atoms with van der Waals surface area (Å²) in [5.41, 5.74) is 6.82. The smallest absolute Gasteiger partial charge is 0.215 e. The van der Waals surface area contributed by atoms with Crippen molar-refractivity contribution < 1.29 is 12.8 Å². The van der Waals surface area contributed by atoms with Crippen molar-refractivity contribution in [2.24, 2.45) is 0 Å². The molecule has 0 atom stereocenters. The van der Waals surface area contributed by atoms with E-state index in [1.54, 1.807) is 36.6 Å². The van der Waals surface area contributed by atoms with Gasteiger partial charge in [0.05, 0.1) is 12.0 Å². The lowest BCUT2D eigenvalue weighted by molar-refractivity contribution is 0.506. The topological polar surface area (TPSA) is 85.3 Å². The van der Waals surface area contributed by atoms with Gasteiger partial charge in [0.25, 0.3) is 0 Å². The van der Waals surface area contributed by atoms with E-state index < -0.39 is 10.0 Å². The molecule has 1 heterocycles. The minimum absolute atomic E-state index is 0.113. The molecule has 1 aromatic heterocycles. The van der Waals surface area contributed by atoms with Gasteiger partial charge >= 0.3 is 0 Å². The van der Waals surface area contributed by atoms with Gasteiger partial charge in [-0.3, -0.25) is 0 Å². The number of anilines is 1. The highest BCUT2D eigenvalue weighted by Gasteiger charge is 2.12. The summed E-state index contributed by atoms with van der Waals surface area (Å²) >= 11 is 0. The van der Waals surface area contributed by atoms with Crippen LogP contribution in [0.3, 0.4) is 0 Å². The molecule has 0 saturated heterocycles. The number of rotatable bonds is 6. The van der Waals surface area contributed by atoms with Crippen molar-refractivity contribution >= 4 is 15.7 Å². The minimum Gasteiger partial charge on any atom is -0.469 e. The van der Waals surface area contributed by atoms with Crippen LogP contribution in [0.2, 0.25) is 0 Å². The maximum Gasteiger partial charge on any atom is 0.215 e. The molecule has 0 amide bonds. The normalized spacial score (nSPS) is 11.6. The molecule has 0 radical (unpaired) electrons. The van der Waals surface area contributed by atoms with Gasteiger partial charge in [-0.2, -0.15) is 0 Å². The quantitative estimate of drug-likeness (QED) is 0.786. The average molecular weight is 280 g/mol. The number of nitrogen functional groups attached to an aromatic ring is 1. The van der Waals surface area contributed by atoms with Gasteiger partial charge in [0.15, 0.2) is 0 Å². The highest BCUT2D eigenvalue weighted by molar-refractivity contribution is 7.88. The lowest BCUT2D eigenvalue weighted by Gasteiger charge is -2.08. The van der Waals surface area contributed by atoms with Crippen molar-refractivity contribution in [2.75, 3.05) is 12.3 Å². The van der Waals surface area contributed by atoms with E-state index in [4.69, 9.17) is 10.2 Å². The third-order valence-electron chi connectivity index (χ3n) is 2.67. The Morgan fingerprint density at radius 2 is 1.95 bits per heavy atom. The lowest BCUT2D eigenvalue weighted by atomic mass is 10.2. The maximum absolute atomic E-state index is 11.9. The van der Waals surface area contributed by atoms with Gasteiger partial charge in [-0.25, -0.2) is 13.1 Å². The van der Waals surface area contributed by atoms with Crippen LogP contribution in [0, 0.1) is 0 Å². The number of para-hydroxylation sites is 1. The van der Waals surface area contributed by atoms with Gasteiger partial charge in [0.1, 0.15) is 5.76 Å². The van der Waals surface area contributed by atoms with Crippen LogP contribution in [-0.2, 0) is 22.2 Å². The fraction of sp³-hybridized carbons (Fsp3) is 0.231. The van der Waals surface area contributed by atoms with E-state index in [1.807, 2.05) is 6.07 Å². The van der Waals surface area contributed by atoms with Gasteiger partial charge in [-0.15, -0.1) is 0 Å². The van der Waals surface area contributed by atoms with Gasteiger partial charge in [0.2, 0.25) is 10.0 Å². The molecule has 6 heteroatoms. The second-order valence-corrected chi connectivity index (χ2v) is 5.99. The summed E-state index contributed by atoms with van der Waals surface area (Å²) in [6, 6.07) is 10.5. The minimum atomic E-state index is -3.38. The molecule has 0 aliphatic rings. The van der Waals surface area contributed by atoms with Crippen molar-refractivity contribution in [1.29, 1.82) is 0 Å². The molecule has 3 N–H and O–H groups in total. The number of benzene rings is 1. The Morgan fingerprint density at radius 1 is 1.16 bits per heavy atom. The summed E-state index contributed by atoms with van der Waals surface area (Å²) in [7, 11) is -3.38. The summed E-state index contributed by atoms with van der Waals surface area (Å²) in [6.07, 6.45) is 2.09. The number of sulfonamides is 1. The molecule has 0 bridgehead atoms. The molecular formula is C13H16N2O3S. The average Bonchev–Trinajstić information content (AvgIpc) is 2.85. The molecule has 102 valence electrons. The summed E-state index contributed by atoms with van der Waals surface area (Å²) in [5.74, 6) is 0.639. The first-order valence-electron chi connectivity index (χ1n) is 5.90. The van der Waals surface area contributed by atoms with Crippen molar-refractivity contribution in [3.05, 3.63) is 54.0 Å². The first kappa shape index (κ1) is 13.6. The highest BCUT2D eigenvalue weighted by atomic mass is 32.2. The fourth-order valence-electron chi connectivity index (χ4n) is 1.71. The van der Waals surface area contributed by atoms with Crippen molar-refractivity contribution in [2.45, 2.75) is 12.2 Å². The largest absolute Gasteiger partial charge is 0.469 e. The van der Waals surface area contributed by atoms with Crippen molar-refractivity contribution in [1.82, 2.24) is 4.72 Å². The van der Waals surface area contributed by atoms with Crippen LogP contribution in [0.5, 0.6) is 0 Å². The number of nitrogens with one attached hydrogen (secondary N) is 1. The van der Waals surface area contributed by atoms with E-state index in [0.29, 0.717) is 24.2 Å². The molecule has 0 fully saturated rings. The van der Waals surface area contributed by atoms with Crippen LogP contribution < -0.4 is 10.5 Å². The van der Waals surface area contributed by atoms with Crippen LogP contribution >= 0.6 is 0 Å². The van der Waals surface area contributed by atoms with Crippen LogP contribution in [0.25, 0.3) is 0 Å². The second kappa shape index (κ2) is 5.90. The van der Waals surface area contributed by atoms with E-state index in [0.717, 1.165) is 5.76 Å². The highest BCUT2D eigenvalue weighted by Crippen LogP contribution is 2.13. The predicted octanol–water partition coefficient (Wildman–Crippen LogP) is 1.52. The molecule has 19 heavy (non-hydrogen) atoms. The van der Waals surface area contributed by atoms with Crippen LogP contribution in [0.15, 0.2) is 47.1 Å². The van der Waals surface area contributed by atoms with Crippen LogP contribution in [0.4, 0.5) is 5.69 Å². The Balaban J connectivity index is 1.90. The molecule has 0 saturated carbocycles. The SMILES string of the molecule is Nc1ccccc1CS(=O)(=O)NCCc1ccco1. The van der Waals surface area contributed by atoms with E-state index in [9.17, 15) is 8.42 Å². The molecule has 0 aliphatic carbocycles. The monoisotopic (exact) mass is 280 g/mol. The zero-order chi connectivity index (χ0) is 13.7. The Kier molecular flexibility index (Phi) is 4.24. The Bertz CT molecular complexity index is 621. The van der Waals surface area contributed by atoms with Crippen LogP contribution in [-0.4, -0.2) is 15.0 Å². The number of nitrogens with two attached hydrogens (primary N) is 1. The number of hydrogen-bond acceptors (Lipinski definition) is 4. The molecule has 0 aliphatic heterocycles. The van der Waals surface area contributed by atoms with E-state index in [2.05, 4.69) is 4.72 Å². The third kappa shape index (κ3) is 4.11. The molecular weight excluding hydrogens is 264 g/mol. The Labute approximate surface area is 112 Å². The molecule has 2 rings (SSSR count). The van der Waals surface area contributed by atoms with Crippen molar-refractivity contribution in [3.63, 3.8) is 0 Å². The zero-order valence-electron chi connectivity index (χ0n) is 10.4. The molecule has 1 aromatic carbocycles. The first-order valence-corrected chi connectivity index (χ1v) is 7.55. The van der Waals surface area contributed by atoms with Gasteiger partial charge in [0, 0.05) is 18.7 Å². The molecule has 0 unspecified atom stereocenters. The molecule has 0 spiro atoms. The Morgan fingerprint density at radius 3 is 2.63 bits per heavy atom. The van der Waals surface area contributed by atoms with E-state index in [-0.39, 0.29) is 5.75 Å². The second-order valence-electron chi connectivity index (χ2n) is 4.18. The maximum atomic E-state index is 11.9. The predicted molar refractivity (Wildman–Crippen MR) is 73.9 cm³/mol. The summed E-state index contributed by atoms with van der Waals surface area (Å²) in [5, 5.41) is 0. The lowest BCUT2D eigenvalue weighted by Crippen LogP contribution is -2.27.